The molecule has 1 aromatic rings. The molecule has 25 heavy (non-hydrogen) atoms. The van der Waals surface area contributed by atoms with Crippen molar-refractivity contribution in [2.75, 3.05) is 12.0 Å². The first-order valence-electron chi connectivity index (χ1n) is 8.14. The highest BCUT2D eigenvalue weighted by Gasteiger charge is 2.10. The summed E-state index contributed by atoms with van der Waals surface area (Å²) in [7, 11) is -5.17. The van der Waals surface area contributed by atoms with Gasteiger partial charge in [0.1, 0.15) is 0 Å². The van der Waals surface area contributed by atoms with Crippen molar-refractivity contribution in [3.05, 3.63) is 29.8 Å². The first-order chi connectivity index (χ1) is 11.7. The summed E-state index contributed by atoms with van der Waals surface area (Å²) < 4.78 is 39.4. The van der Waals surface area contributed by atoms with Gasteiger partial charge in [-0.2, -0.15) is 0 Å². The SMILES string of the molecule is CCCCCNNc1ccc(C(=O)OC(C)CC)cc1.O=S(=O)([O-])[O-]. The zero-order valence-corrected chi connectivity index (χ0v) is 15.6. The van der Waals surface area contributed by atoms with E-state index >= 15 is 0 Å². The van der Waals surface area contributed by atoms with E-state index in [1.165, 1.54) is 12.8 Å². The predicted octanol–water partition coefficient (Wildman–Crippen LogP) is 2.41. The van der Waals surface area contributed by atoms with Crippen LogP contribution < -0.4 is 10.9 Å². The van der Waals surface area contributed by atoms with Crippen LogP contribution >= 0.6 is 0 Å². The van der Waals surface area contributed by atoms with Gasteiger partial charge in [-0.15, -0.1) is 0 Å². The van der Waals surface area contributed by atoms with Crippen molar-refractivity contribution in [3.8, 4) is 0 Å². The Labute approximate surface area is 149 Å². The highest BCUT2D eigenvalue weighted by molar-refractivity contribution is 7.79. The lowest BCUT2D eigenvalue weighted by Crippen LogP contribution is -2.22. The summed E-state index contributed by atoms with van der Waals surface area (Å²) in [5.41, 5.74) is 7.81. The molecule has 2 N–H and O–H groups in total. The third kappa shape index (κ3) is 14.4. The van der Waals surface area contributed by atoms with Crippen molar-refractivity contribution < 1.29 is 27.1 Å². The Hall–Kier alpha value is -1.68. The molecule has 0 saturated heterocycles. The van der Waals surface area contributed by atoms with Crippen LogP contribution in [0.2, 0.25) is 0 Å². The van der Waals surface area contributed by atoms with Crippen LogP contribution in [-0.4, -0.2) is 36.1 Å². The molecule has 1 aromatic carbocycles. The molecule has 0 bridgehead atoms. The fraction of sp³-hybridized carbons (Fsp3) is 0.562. The van der Waals surface area contributed by atoms with Crippen molar-refractivity contribution in [2.24, 2.45) is 0 Å². The Morgan fingerprint density at radius 3 is 2.20 bits per heavy atom. The molecule has 8 nitrogen and oxygen atoms in total. The van der Waals surface area contributed by atoms with Crippen LogP contribution in [0.3, 0.4) is 0 Å². The Bertz CT molecular complexity index is 581. The van der Waals surface area contributed by atoms with Gasteiger partial charge < -0.3 is 19.3 Å². The average molecular weight is 374 g/mol. The lowest BCUT2D eigenvalue weighted by Gasteiger charge is -2.11. The quantitative estimate of drug-likeness (QED) is 0.221. The number of unbranched alkanes of at least 4 members (excludes halogenated alkanes) is 2. The zero-order valence-electron chi connectivity index (χ0n) is 14.8. The number of hydrazine groups is 1. The van der Waals surface area contributed by atoms with Crippen LogP contribution in [0.15, 0.2) is 24.3 Å². The van der Waals surface area contributed by atoms with E-state index in [1.807, 2.05) is 26.0 Å². The summed E-state index contributed by atoms with van der Waals surface area (Å²) in [6.45, 7) is 7.01. The van der Waals surface area contributed by atoms with Gasteiger partial charge in [0.15, 0.2) is 0 Å². The number of carbonyl (C=O) groups is 1. The van der Waals surface area contributed by atoms with Gasteiger partial charge in [-0.25, -0.2) is 10.2 Å². The van der Waals surface area contributed by atoms with Gasteiger partial charge in [-0.1, -0.05) is 26.7 Å². The van der Waals surface area contributed by atoms with E-state index in [-0.39, 0.29) is 12.1 Å². The lowest BCUT2D eigenvalue weighted by atomic mass is 10.2. The minimum absolute atomic E-state index is 0.0412. The maximum absolute atomic E-state index is 11.8. The smallest absolute Gasteiger partial charge is 0.338 e. The molecule has 0 aliphatic carbocycles. The van der Waals surface area contributed by atoms with E-state index in [0.717, 1.165) is 25.1 Å². The second kappa shape index (κ2) is 12.6. The molecule has 0 amide bonds. The Morgan fingerprint density at radius 2 is 1.72 bits per heavy atom. The monoisotopic (exact) mass is 374 g/mol. The number of anilines is 1. The van der Waals surface area contributed by atoms with Gasteiger partial charge in [-0.3, -0.25) is 8.42 Å². The van der Waals surface area contributed by atoms with Crippen LogP contribution in [0.25, 0.3) is 0 Å². The number of nitrogens with one attached hydrogen (secondary N) is 2. The van der Waals surface area contributed by atoms with E-state index in [2.05, 4.69) is 17.8 Å². The molecule has 0 aliphatic heterocycles. The summed E-state index contributed by atoms with van der Waals surface area (Å²) in [4.78, 5) is 11.8. The van der Waals surface area contributed by atoms with Crippen LogP contribution in [0.5, 0.6) is 0 Å². The average Bonchev–Trinajstić information content (AvgIpc) is 2.53. The van der Waals surface area contributed by atoms with E-state index in [0.29, 0.717) is 5.56 Å². The maximum atomic E-state index is 11.8. The summed E-state index contributed by atoms with van der Waals surface area (Å²) >= 11 is 0. The van der Waals surface area contributed by atoms with Crippen LogP contribution in [0, 0.1) is 0 Å². The van der Waals surface area contributed by atoms with Crippen LogP contribution in [0.1, 0.15) is 56.8 Å². The van der Waals surface area contributed by atoms with Crippen molar-refractivity contribution in [3.63, 3.8) is 0 Å². The van der Waals surface area contributed by atoms with Gasteiger partial charge >= 0.3 is 5.97 Å². The molecule has 1 rings (SSSR count). The minimum Gasteiger partial charge on any atom is -0.759 e. The number of benzene rings is 1. The topological polar surface area (TPSA) is 131 Å². The van der Waals surface area contributed by atoms with E-state index in [9.17, 15) is 4.79 Å². The van der Waals surface area contributed by atoms with E-state index in [1.54, 1.807) is 12.1 Å². The number of rotatable bonds is 9. The molecular weight excluding hydrogens is 348 g/mol. The van der Waals surface area contributed by atoms with Crippen LogP contribution in [-0.2, 0) is 15.1 Å². The van der Waals surface area contributed by atoms with Gasteiger partial charge in [0, 0.05) is 22.6 Å². The third-order valence-electron chi connectivity index (χ3n) is 3.14. The van der Waals surface area contributed by atoms with Crippen molar-refractivity contribution in [1.82, 2.24) is 5.43 Å². The molecule has 0 aromatic heterocycles. The second-order valence-electron chi connectivity index (χ2n) is 5.37. The maximum Gasteiger partial charge on any atom is 0.338 e. The number of hydrogen-bond donors (Lipinski definition) is 2. The first-order valence-corrected chi connectivity index (χ1v) is 9.47. The van der Waals surface area contributed by atoms with Crippen molar-refractivity contribution in [1.29, 1.82) is 0 Å². The Kier molecular flexibility index (Phi) is 11.8. The fourth-order valence-electron chi connectivity index (χ4n) is 1.65. The molecule has 0 heterocycles. The Balaban J connectivity index is 0.00000101. The molecular formula is C16H26N2O6S-2. The van der Waals surface area contributed by atoms with Crippen molar-refractivity contribution in [2.45, 2.75) is 52.6 Å². The number of carbonyl (C=O) groups excluding carboxylic acids is 1. The second-order valence-corrected chi connectivity index (χ2v) is 6.19. The summed E-state index contributed by atoms with van der Waals surface area (Å²) in [6.07, 6.45) is 4.39. The standard InChI is InChI=1S/C16H26N2O2.H2O4S/c1-4-6-7-12-17-18-15-10-8-14(9-11-15)16(19)20-13(3)5-2;1-5(2,3)4/h8-11,13,17-18H,4-7,12H2,1-3H3;(H2,1,2,3,4)/p-2. The molecule has 1 unspecified atom stereocenters. The molecule has 0 saturated carbocycles. The first kappa shape index (κ1) is 23.3. The van der Waals surface area contributed by atoms with Gasteiger partial charge in [0.05, 0.1) is 11.7 Å². The Morgan fingerprint density at radius 1 is 1.16 bits per heavy atom. The van der Waals surface area contributed by atoms with Gasteiger partial charge in [0.25, 0.3) is 0 Å². The number of hydrogen-bond acceptors (Lipinski definition) is 8. The van der Waals surface area contributed by atoms with Gasteiger partial charge in [-0.05, 0) is 44.0 Å². The summed E-state index contributed by atoms with van der Waals surface area (Å²) in [5, 5.41) is 0. The highest BCUT2D eigenvalue weighted by atomic mass is 32.3. The summed E-state index contributed by atoms with van der Waals surface area (Å²) in [5.74, 6) is -0.262. The van der Waals surface area contributed by atoms with Crippen LogP contribution in [0.4, 0.5) is 5.69 Å². The zero-order chi connectivity index (χ0) is 19.3. The minimum atomic E-state index is -5.17. The number of ether oxygens (including phenoxy) is 1. The molecule has 0 radical (unpaired) electrons. The summed E-state index contributed by atoms with van der Waals surface area (Å²) in [6, 6.07) is 7.31. The third-order valence-corrected chi connectivity index (χ3v) is 3.14. The molecule has 0 aliphatic rings. The molecule has 144 valence electrons. The highest BCUT2D eigenvalue weighted by Crippen LogP contribution is 2.11. The molecule has 0 spiro atoms. The largest absolute Gasteiger partial charge is 0.759 e. The normalized spacial score (nSPS) is 11.9. The fourth-order valence-corrected chi connectivity index (χ4v) is 1.65. The van der Waals surface area contributed by atoms with Crippen molar-refractivity contribution >= 4 is 22.1 Å². The molecule has 9 heteroatoms. The predicted molar refractivity (Wildman–Crippen MR) is 93.2 cm³/mol. The number of esters is 1. The van der Waals surface area contributed by atoms with E-state index < -0.39 is 10.4 Å². The van der Waals surface area contributed by atoms with Gasteiger partial charge in [0.2, 0.25) is 0 Å². The molecule has 1 atom stereocenters. The van der Waals surface area contributed by atoms with E-state index in [4.69, 9.17) is 22.3 Å². The lowest BCUT2D eigenvalue weighted by molar-refractivity contribution is 0.0334. The molecule has 0 fully saturated rings.